The van der Waals surface area contributed by atoms with Crippen molar-refractivity contribution < 1.29 is 13.2 Å². The van der Waals surface area contributed by atoms with Gasteiger partial charge in [0.05, 0.1) is 4.88 Å². The van der Waals surface area contributed by atoms with E-state index in [-0.39, 0.29) is 6.54 Å². The molecule has 0 saturated heterocycles. The lowest BCUT2D eigenvalue weighted by molar-refractivity contribution is -0.141. The molecule has 1 saturated carbocycles. The van der Waals surface area contributed by atoms with Gasteiger partial charge in [0.25, 0.3) is 0 Å². The van der Waals surface area contributed by atoms with Crippen LogP contribution in [0.1, 0.15) is 28.4 Å². The number of thiazole rings is 1. The molecule has 0 aromatic carbocycles. The number of hydrogen-bond acceptors (Lipinski definition) is 4. The zero-order valence-electron chi connectivity index (χ0n) is 9.30. The topological polar surface area (TPSA) is 24.9 Å². The van der Waals surface area contributed by atoms with Crippen molar-refractivity contribution >= 4 is 23.1 Å². The van der Waals surface area contributed by atoms with Gasteiger partial charge in [-0.2, -0.15) is 24.9 Å². The van der Waals surface area contributed by atoms with E-state index in [4.69, 9.17) is 0 Å². The Morgan fingerprint density at radius 1 is 1.47 bits per heavy atom. The highest BCUT2D eigenvalue weighted by atomic mass is 32.2. The predicted molar refractivity (Wildman–Crippen MR) is 64.2 cm³/mol. The van der Waals surface area contributed by atoms with Gasteiger partial charge >= 0.3 is 6.18 Å². The van der Waals surface area contributed by atoms with Crippen LogP contribution in [-0.2, 0) is 18.5 Å². The first-order chi connectivity index (χ1) is 8.00. The number of alkyl halides is 3. The Morgan fingerprint density at radius 2 is 2.18 bits per heavy atom. The lowest BCUT2D eigenvalue weighted by Crippen LogP contribution is -2.18. The summed E-state index contributed by atoms with van der Waals surface area (Å²) < 4.78 is 38.3. The third-order valence-corrected chi connectivity index (χ3v) is 4.21. The van der Waals surface area contributed by atoms with Crippen LogP contribution >= 0.6 is 23.1 Å². The number of aromatic nitrogens is 1. The SMILES string of the molecule is CSCc1nc(C(F)(F)F)c(CNC2CC2)s1. The van der Waals surface area contributed by atoms with Crippen LogP contribution in [0.2, 0.25) is 0 Å². The zero-order chi connectivity index (χ0) is 12.5. The molecule has 17 heavy (non-hydrogen) atoms. The summed E-state index contributed by atoms with van der Waals surface area (Å²) in [5, 5.41) is 3.66. The van der Waals surface area contributed by atoms with Gasteiger partial charge in [0, 0.05) is 18.3 Å². The second kappa shape index (κ2) is 5.16. The number of hydrogen-bond donors (Lipinski definition) is 1. The van der Waals surface area contributed by atoms with Crippen molar-refractivity contribution in [2.75, 3.05) is 6.26 Å². The summed E-state index contributed by atoms with van der Waals surface area (Å²) in [4.78, 5) is 4.02. The summed E-state index contributed by atoms with van der Waals surface area (Å²) in [6.45, 7) is 0.283. The van der Waals surface area contributed by atoms with Crippen molar-refractivity contribution in [1.82, 2.24) is 10.3 Å². The van der Waals surface area contributed by atoms with Gasteiger partial charge in [-0.15, -0.1) is 11.3 Å². The normalized spacial score (nSPS) is 16.5. The van der Waals surface area contributed by atoms with E-state index in [2.05, 4.69) is 10.3 Å². The maximum atomic E-state index is 12.8. The third kappa shape index (κ3) is 3.59. The average Bonchev–Trinajstić information content (AvgIpc) is 2.96. The molecule has 0 atom stereocenters. The second-order valence-electron chi connectivity index (χ2n) is 3.97. The number of nitrogens with zero attached hydrogens (tertiary/aromatic N) is 1. The van der Waals surface area contributed by atoms with Crippen molar-refractivity contribution in [3.05, 3.63) is 15.6 Å². The van der Waals surface area contributed by atoms with E-state index >= 15 is 0 Å². The standard InChI is InChI=1S/C10H13F3N2S2/c1-16-5-8-15-9(10(11,12)13)7(17-8)4-14-6-2-3-6/h6,14H,2-5H2,1H3. The van der Waals surface area contributed by atoms with E-state index in [9.17, 15) is 13.2 Å². The van der Waals surface area contributed by atoms with Crippen molar-refractivity contribution in [2.24, 2.45) is 0 Å². The van der Waals surface area contributed by atoms with Crippen LogP contribution in [-0.4, -0.2) is 17.3 Å². The van der Waals surface area contributed by atoms with Gasteiger partial charge in [-0.3, -0.25) is 0 Å². The summed E-state index contributed by atoms with van der Waals surface area (Å²) in [5.41, 5.74) is -0.709. The third-order valence-electron chi connectivity index (χ3n) is 2.41. The Kier molecular flexibility index (Phi) is 3.99. The number of rotatable bonds is 5. The summed E-state index contributed by atoms with van der Waals surface area (Å²) in [5.74, 6) is 0.539. The first kappa shape index (κ1) is 13.2. The minimum absolute atomic E-state index is 0.283. The highest BCUT2D eigenvalue weighted by Gasteiger charge is 2.37. The van der Waals surface area contributed by atoms with E-state index in [1.54, 1.807) is 0 Å². The Hall–Kier alpha value is -0.270. The van der Waals surface area contributed by atoms with Gasteiger partial charge in [0.2, 0.25) is 0 Å². The molecule has 0 unspecified atom stereocenters. The number of halogens is 3. The minimum atomic E-state index is -4.34. The van der Waals surface area contributed by atoms with Crippen LogP contribution in [0.5, 0.6) is 0 Å². The molecule has 7 heteroatoms. The van der Waals surface area contributed by atoms with Crippen molar-refractivity contribution in [2.45, 2.75) is 37.4 Å². The Bertz CT molecular complexity index is 385. The summed E-state index contributed by atoms with van der Waals surface area (Å²) in [6.07, 6.45) is -0.347. The van der Waals surface area contributed by atoms with Crippen molar-refractivity contribution in [1.29, 1.82) is 0 Å². The lowest BCUT2D eigenvalue weighted by atomic mass is 10.3. The highest BCUT2D eigenvalue weighted by molar-refractivity contribution is 7.97. The van der Waals surface area contributed by atoms with E-state index in [0.29, 0.717) is 21.7 Å². The van der Waals surface area contributed by atoms with Crippen LogP contribution in [0.4, 0.5) is 13.2 Å². The van der Waals surface area contributed by atoms with Crippen LogP contribution in [0.15, 0.2) is 0 Å². The molecule has 1 aliphatic carbocycles. The predicted octanol–water partition coefficient (Wildman–Crippen LogP) is 3.28. The van der Waals surface area contributed by atoms with Crippen LogP contribution in [0.3, 0.4) is 0 Å². The second-order valence-corrected chi connectivity index (χ2v) is 6.00. The molecule has 1 N–H and O–H groups in total. The van der Waals surface area contributed by atoms with Crippen LogP contribution < -0.4 is 5.32 Å². The molecule has 1 aromatic rings. The van der Waals surface area contributed by atoms with E-state index in [1.165, 1.54) is 23.1 Å². The molecule has 0 aliphatic heterocycles. The maximum absolute atomic E-state index is 12.8. The summed E-state index contributed by atoms with van der Waals surface area (Å²) in [6, 6.07) is 0.405. The largest absolute Gasteiger partial charge is 0.434 e. The molecular formula is C10H13F3N2S2. The fourth-order valence-corrected chi connectivity index (χ4v) is 3.19. The van der Waals surface area contributed by atoms with Crippen molar-refractivity contribution in [3.63, 3.8) is 0 Å². The van der Waals surface area contributed by atoms with Crippen LogP contribution in [0, 0.1) is 0 Å². The molecule has 1 heterocycles. The van der Waals surface area contributed by atoms with Crippen molar-refractivity contribution in [3.8, 4) is 0 Å². The van der Waals surface area contributed by atoms with Gasteiger partial charge < -0.3 is 5.32 Å². The van der Waals surface area contributed by atoms with Gasteiger partial charge in [-0.1, -0.05) is 0 Å². The molecule has 0 spiro atoms. The molecular weight excluding hydrogens is 269 g/mol. The summed E-state index contributed by atoms with van der Waals surface area (Å²) in [7, 11) is 0. The van der Waals surface area contributed by atoms with Crippen LogP contribution in [0.25, 0.3) is 0 Å². The lowest BCUT2D eigenvalue weighted by Gasteiger charge is -2.06. The summed E-state index contributed by atoms with van der Waals surface area (Å²) >= 11 is 2.65. The number of thioether (sulfide) groups is 1. The quantitative estimate of drug-likeness (QED) is 0.897. The van der Waals surface area contributed by atoms with E-state index in [1.807, 2.05) is 6.26 Å². The smallest absolute Gasteiger partial charge is 0.309 e. The number of nitrogens with one attached hydrogen (secondary N) is 1. The zero-order valence-corrected chi connectivity index (χ0v) is 10.9. The maximum Gasteiger partial charge on any atom is 0.434 e. The van der Waals surface area contributed by atoms with Gasteiger partial charge in [0.1, 0.15) is 5.01 Å². The van der Waals surface area contributed by atoms with Gasteiger partial charge in [-0.05, 0) is 19.1 Å². The molecule has 1 aliphatic rings. The molecule has 0 radical (unpaired) electrons. The van der Waals surface area contributed by atoms with Gasteiger partial charge in [-0.25, -0.2) is 4.98 Å². The Morgan fingerprint density at radius 3 is 2.71 bits per heavy atom. The molecule has 2 rings (SSSR count). The average molecular weight is 282 g/mol. The molecule has 2 nitrogen and oxygen atoms in total. The molecule has 0 amide bonds. The van der Waals surface area contributed by atoms with Gasteiger partial charge in [0.15, 0.2) is 5.69 Å². The first-order valence-electron chi connectivity index (χ1n) is 5.29. The Balaban J connectivity index is 2.13. The molecule has 96 valence electrons. The molecule has 1 aromatic heterocycles. The molecule has 1 fully saturated rings. The molecule has 0 bridgehead atoms. The fourth-order valence-electron chi connectivity index (χ4n) is 1.45. The highest BCUT2D eigenvalue weighted by Crippen LogP contribution is 2.35. The monoisotopic (exact) mass is 282 g/mol. The minimum Gasteiger partial charge on any atom is -0.309 e. The first-order valence-corrected chi connectivity index (χ1v) is 7.50. The van der Waals surface area contributed by atoms with E-state index in [0.717, 1.165) is 12.8 Å². The van der Waals surface area contributed by atoms with E-state index < -0.39 is 11.9 Å². The Labute approximate surface area is 106 Å². The fraction of sp³-hybridized carbons (Fsp3) is 0.700.